The summed E-state index contributed by atoms with van der Waals surface area (Å²) in [7, 11) is 1.42. The van der Waals surface area contributed by atoms with Gasteiger partial charge in [-0.3, -0.25) is 4.79 Å². The number of hydrogen-bond donors (Lipinski definition) is 2. The maximum atomic E-state index is 13.6. The molecule has 0 bridgehead atoms. The van der Waals surface area contributed by atoms with E-state index in [2.05, 4.69) is 5.32 Å². The van der Waals surface area contributed by atoms with Crippen LogP contribution in [0, 0.1) is 5.82 Å². The van der Waals surface area contributed by atoms with E-state index in [0.717, 1.165) is 12.8 Å². The third kappa shape index (κ3) is 5.17. The predicted octanol–water partition coefficient (Wildman–Crippen LogP) is 2.53. The molecular weight excluding hydrogens is 259 g/mol. The van der Waals surface area contributed by atoms with E-state index in [0.29, 0.717) is 12.0 Å². The summed E-state index contributed by atoms with van der Waals surface area (Å²) in [6.45, 7) is 3.74. The van der Waals surface area contributed by atoms with Crippen LogP contribution in [0.15, 0.2) is 18.2 Å². The van der Waals surface area contributed by atoms with Crippen LogP contribution in [-0.4, -0.2) is 19.1 Å². The first-order chi connectivity index (χ1) is 9.43. The number of methoxy groups -OCH3 is 1. The van der Waals surface area contributed by atoms with Crippen molar-refractivity contribution < 1.29 is 13.9 Å². The summed E-state index contributed by atoms with van der Waals surface area (Å²) in [4.78, 5) is 11.7. The molecule has 1 amide bonds. The molecule has 5 heteroatoms. The van der Waals surface area contributed by atoms with Crippen molar-refractivity contribution in [3.63, 3.8) is 0 Å². The molecule has 0 radical (unpaired) electrons. The fourth-order valence-corrected chi connectivity index (χ4v) is 1.93. The third-order valence-electron chi connectivity index (χ3n) is 3.12. The summed E-state index contributed by atoms with van der Waals surface area (Å²) in [6, 6.07) is 4.55. The molecule has 0 aliphatic rings. The highest BCUT2D eigenvalue weighted by atomic mass is 19.1. The molecule has 20 heavy (non-hydrogen) atoms. The molecule has 0 heterocycles. The first kappa shape index (κ1) is 16.4. The van der Waals surface area contributed by atoms with E-state index in [1.54, 1.807) is 12.1 Å². The Balaban J connectivity index is 2.51. The molecule has 112 valence electrons. The molecule has 1 rings (SSSR count). The molecule has 2 atom stereocenters. The van der Waals surface area contributed by atoms with Gasteiger partial charge in [0.25, 0.3) is 0 Å². The van der Waals surface area contributed by atoms with Gasteiger partial charge in [-0.2, -0.15) is 0 Å². The van der Waals surface area contributed by atoms with Gasteiger partial charge in [0.2, 0.25) is 5.91 Å². The molecule has 1 aromatic rings. The van der Waals surface area contributed by atoms with Gasteiger partial charge in [0.05, 0.1) is 13.2 Å². The molecule has 0 saturated heterocycles. The molecule has 0 spiro atoms. The van der Waals surface area contributed by atoms with E-state index >= 15 is 0 Å². The molecule has 0 aliphatic carbocycles. The molecule has 0 aliphatic heterocycles. The Morgan fingerprint density at radius 2 is 2.15 bits per heavy atom. The molecule has 0 saturated carbocycles. The molecule has 0 fully saturated rings. The van der Waals surface area contributed by atoms with Crippen molar-refractivity contribution >= 4 is 5.91 Å². The zero-order valence-corrected chi connectivity index (χ0v) is 12.3. The SMILES string of the molecule is COc1ccc(C(C)NC(=O)CCCC(C)N)cc1F. The van der Waals surface area contributed by atoms with Crippen LogP contribution >= 0.6 is 0 Å². The van der Waals surface area contributed by atoms with Crippen LogP contribution < -0.4 is 15.8 Å². The Kier molecular flexibility index (Phi) is 6.45. The number of amides is 1. The van der Waals surface area contributed by atoms with Crippen molar-refractivity contribution in [2.24, 2.45) is 5.73 Å². The quantitative estimate of drug-likeness (QED) is 0.807. The van der Waals surface area contributed by atoms with Gasteiger partial charge in [-0.15, -0.1) is 0 Å². The highest BCUT2D eigenvalue weighted by Gasteiger charge is 2.12. The van der Waals surface area contributed by atoms with E-state index in [4.69, 9.17) is 10.5 Å². The number of hydrogen-bond acceptors (Lipinski definition) is 3. The van der Waals surface area contributed by atoms with Gasteiger partial charge in [0, 0.05) is 12.5 Å². The zero-order chi connectivity index (χ0) is 15.1. The van der Waals surface area contributed by atoms with Crippen LogP contribution in [-0.2, 0) is 4.79 Å². The number of carbonyl (C=O) groups excluding carboxylic acids is 1. The standard InChI is InChI=1S/C15H23FN2O2/c1-10(17)5-4-6-15(19)18-11(2)12-7-8-14(20-3)13(16)9-12/h7-11H,4-6,17H2,1-3H3,(H,18,19). The van der Waals surface area contributed by atoms with Gasteiger partial charge in [-0.05, 0) is 44.4 Å². The smallest absolute Gasteiger partial charge is 0.220 e. The molecule has 3 N–H and O–H groups in total. The number of ether oxygens (including phenoxy) is 1. The van der Waals surface area contributed by atoms with Gasteiger partial charge in [-0.25, -0.2) is 4.39 Å². The first-order valence-electron chi connectivity index (χ1n) is 6.82. The Hall–Kier alpha value is -1.62. The van der Waals surface area contributed by atoms with Crippen LogP contribution in [0.25, 0.3) is 0 Å². The summed E-state index contributed by atoms with van der Waals surface area (Å²) >= 11 is 0. The van der Waals surface area contributed by atoms with E-state index in [9.17, 15) is 9.18 Å². The van der Waals surface area contributed by atoms with Crippen molar-refractivity contribution in [1.29, 1.82) is 0 Å². The summed E-state index contributed by atoms with van der Waals surface area (Å²) in [5.41, 5.74) is 6.34. The lowest BCUT2D eigenvalue weighted by Gasteiger charge is -2.15. The zero-order valence-electron chi connectivity index (χ0n) is 12.3. The van der Waals surface area contributed by atoms with Crippen LogP contribution in [0.2, 0.25) is 0 Å². The number of nitrogens with two attached hydrogens (primary N) is 1. The minimum Gasteiger partial charge on any atom is -0.494 e. The van der Waals surface area contributed by atoms with Gasteiger partial charge < -0.3 is 15.8 Å². The second-order valence-electron chi connectivity index (χ2n) is 5.05. The van der Waals surface area contributed by atoms with Crippen LogP contribution in [0.1, 0.15) is 44.7 Å². The summed E-state index contributed by atoms with van der Waals surface area (Å²) < 4.78 is 18.5. The van der Waals surface area contributed by atoms with Crippen molar-refractivity contribution in [2.75, 3.05) is 7.11 Å². The second kappa shape index (κ2) is 7.85. The number of halogens is 1. The highest BCUT2D eigenvalue weighted by molar-refractivity contribution is 5.76. The lowest BCUT2D eigenvalue weighted by Crippen LogP contribution is -2.27. The van der Waals surface area contributed by atoms with Crippen molar-refractivity contribution in [1.82, 2.24) is 5.32 Å². The van der Waals surface area contributed by atoms with E-state index in [1.807, 2.05) is 13.8 Å². The first-order valence-corrected chi connectivity index (χ1v) is 6.82. The number of nitrogens with one attached hydrogen (secondary N) is 1. The fourth-order valence-electron chi connectivity index (χ4n) is 1.93. The minimum absolute atomic E-state index is 0.0469. The third-order valence-corrected chi connectivity index (χ3v) is 3.12. The maximum Gasteiger partial charge on any atom is 0.220 e. The van der Waals surface area contributed by atoms with Crippen LogP contribution in [0.3, 0.4) is 0 Å². The van der Waals surface area contributed by atoms with Crippen LogP contribution in [0.5, 0.6) is 5.75 Å². The minimum atomic E-state index is -0.428. The van der Waals surface area contributed by atoms with Gasteiger partial charge in [0.15, 0.2) is 11.6 Å². The Labute approximate surface area is 119 Å². The van der Waals surface area contributed by atoms with Crippen molar-refractivity contribution in [3.8, 4) is 5.75 Å². The molecule has 1 aromatic carbocycles. The fraction of sp³-hybridized carbons (Fsp3) is 0.533. The molecular formula is C15H23FN2O2. The van der Waals surface area contributed by atoms with Crippen molar-refractivity contribution in [2.45, 2.75) is 45.2 Å². The monoisotopic (exact) mass is 282 g/mol. The highest BCUT2D eigenvalue weighted by Crippen LogP contribution is 2.21. The number of rotatable bonds is 7. The largest absolute Gasteiger partial charge is 0.494 e. The normalized spacial score (nSPS) is 13.7. The van der Waals surface area contributed by atoms with E-state index in [1.165, 1.54) is 13.2 Å². The number of benzene rings is 1. The molecule has 4 nitrogen and oxygen atoms in total. The topological polar surface area (TPSA) is 64.3 Å². The molecule has 0 aromatic heterocycles. The average molecular weight is 282 g/mol. The van der Waals surface area contributed by atoms with Gasteiger partial charge >= 0.3 is 0 Å². The average Bonchev–Trinajstić information content (AvgIpc) is 2.38. The summed E-state index contributed by atoms with van der Waals surface area (Å²) in [5, 5.41) is 2.85. The van der Waals surface area contributed by atoms with Gasteiger partial charge in [-0.1, -0.05) is 6.07 Å². The second-order valence-corrected chi connectivity index (χ2v) is 5.05. The Bertz CT molecular complexity index is 449. The Morgan fingerprint density at radius 3 is 2.70 bits per heavy atom. The number of carbonyl (C=O) groups is 1. The lowest BCUT2D eigenvalue weighted by atomic mass is 10.1. The maximum absolute atomic E-state index is 13.6. The van der Waals surface area contributed by atoms with Crippen molar-refractivity contribution in [3.05, 3.63) is 29.6 Å². The van der Waals surface area contributed by atoms with Gasteiger partial charge in [0.1, 0.15) is 0 Å². The predicted molar refractivity (Wildman–Crippen MR) is 77.0 cm³/mol. The van der Waals surface area contributed by atoms with Crippen LogP contribution in [0.4, 0.5) is 4.39 Å². The van der Waals surface area contributed by atoms with E-state index < -0.39 is 5.82 Å². The summed E-state index contributed by atoms with van der Waals surface area (Å²) in [5.74, 6) is -0.276. The lowest BCUT2D eigenvalue weighted by molar-refractivity contribution is -0.121. The Morgan fingerprint density at radius 1 is 1.45 bits per heavy atom. The van der Waals surface area contributed by atoms with E-state index in [-0.39, 0.29) is 23.7 Å². The molecule has 2 unspecified atom stereocenters. The summed E-state index contributed by atoms with van der Waals surface area (Å²) in [6.07, 6.45) is 2.01.